The summed E-state index contributed by atoms with van der Waals surface area (Å²) in [6, 6.07) is 5.81. The van der Waals surface area contributed by atoms with Crippen LogP contribution in [0.2, 0.25) is 5.02 Å². The van der Waals surface area contributed by atoms with E-state index < -0.39 is 4.32 Å². The van der Waals surface area contributed by atoms with E-state index in [1.165, 1.54) is 0 Å². The Balaban J connectivity index is 2.60. The molecule has 0 aromatic heterocycles. The van der Waals surface area contributed by atoms with Crippen molar-refractivity contribution in [3.63, 3.8) is 0 Å². The molecule has 1 aliphatic rings. The van der Waals surface area contributed by atoms with E-state index in [-0.39, 0.29) is 11.4 Å². The minimum absolute atomic E-state index is 0.0815. The molecule has 1 aromatic carbocycles. The zero-order valence-electron chi connectivity index (χ0n) is 12.6. The molecule has 0 saturated carbocycles. The van der Waals surface area contributed by atoms with Gasteiger partial charge in [-0.15, -0.1) is 0 Å². The third kappa shape index (κ3) is 2.75. The average Bonchev–Trinajstić information content (AvgIpc) is 2.27. The first-order valence-electron chi connectivity index (χ1n) is 6.87. The lowest BCUT2D eigenvalue weighted by Crippen LogP contribution is -2.56. The highest BCUT2D eigenvalue weighted by atomic mass is 79.9. The minimum Gasteiger partial charge on any atom is -0.305 e. The standard InChI is InChI=1S/C16H21BrClNO/c1-10-9-15(2,3)19(14(20)16(4,5)17)13-7-6-11(18)8-12(10)13/h6-8,10H,9H2,1-5H3/t10-/m0/s1. The van der Waals surface area contributed by atoms with Crippen LogP contribution in [0.25, 0.3) is 0 Å². The van der Waals surface area contributed by atoms with Crippen molar-refractivity contribution in [1.29, 1.82) is 0 Å². The van der Waals surface area contributed by atoms with E-state index in [0.717, 1.165) is 22.7 Å². The van der Waals surface area contributed by atoms with Crippen molar-refractivity contribution in [2.24, 2.45) is 0 Å². The first-order valence-corrected chi connectivity index (χ1v) is 8.04. The fourth-order valence-corrected chi connectivity index (χ4v) is 3.41. The number of carbonyl (C=O) groups excluding carboxylic acids is 1. The van der Waals surface area contributed by atoms with Crippen LogP contribution in [-0.2, 0) is 4.79 Å². The van der Waals surface area contributed by atoms with Gasteiger partial charge in [0.2, 0.25) is 5.91 Å². The zero-order chi connectivity index (χ0) is 15.3. The molecule has 4 heteroatoms. The Bertz CT molecular complexity index is 548. The Morgan fingerprint density at radius 2 is 2.05 bits per heavy atom. The van der Waals surface area contributed by atoms with Gasteiger partial charge in [-0.1, -0.05) is 34.5 Å². The number of rotatable bonds is 1. The molecule has 0 aliphatic carbocycles. The molecule has 0 radical (unpaired) electrons. The summed E-state index contributed by atoms with van der Waals surface area (Å²) in [5.41, 5.74) is 1.93. The number of carbonyl (C=O) groups is 1. The predicted molar refractivity (Wildman–Crippen MR) is 89.1 cm³/mol. The Morgan fingerprint density at radius 3 is 2.60 bits per heavy atom. The predicted octanol–water partition coefficient (Wildman–Crippen LogP) is 5.13. The van der Waals surface area contributed by atoms with Crippen LogP contribution in [0.1, 0.15) is 52.5 Å². The van der Waals surface area contributed by atoms with Gasteiger partial charge in [0, 0.05) is 16.2 Å². The van der Waals surface area contributed by atoms with Crippen LogP contribution in [0.3, 0.4) is 0 Å². The highest BCUT2D eigenvalue weighted by molar-refractivity contribution is 9.10. The first-order chi connectivity index (χ1) is 9.04. The number of nitrogens with zero attached hydrogens (tertiary/aromatic N) is 1. The van der Waals surface area contributed by atoms with Gasteiger partial charge in [-0.25, -0.2) is 0 Å². The lowest BCUT2D eigenvalue weighted by Gasteiger charge is -2.47. The summed E-state index contributed by atoms with van der Waals surface area (Å²) in [4.78, 5) is 14.8. The molecule has 1 atom stereocenters. The third-order valence-corrected chi connectivity index (χ3v) is 4.46. The average molecular weight is 359 g/mol. The van der Waals surface area contributed by atoms with Gasteiger partial charge in [-0.3, -0.25) is 4.79 Å². The summed E-state index contributed by atoms with van der Waals surface area (Å²) in [7, 11) is 0. The van der Waals surface area contributed by atoms with Gasteiger partial charge in [0.15, 0.2) is 0 Å². The summed E-state index contributed by atoms with van der Waals surface area (Å²) in [5, 5.41) is 0.723. The molecule has 0 unspecified atom stereocenters. The number of hydrogen-bond donors (Lipinski definition) is 0. The van der Waals surface area contributed by atoms with Crippen LogP contribution in [0.15, 0.2) is 18.2 Å². The summed E-state index contributed by atoms with van der Waals surface area (Å²) in [6.45, 7) is 10.2. The molecule has 1 aromatic rings. The number of alkyl halides is 1. The molecule has 1 heterocycles. The third-order valence-electron chi connectivity index (χ3n) is 3.88. The number of amides is 1. The van der Waals surface area contributed by atoms with E-state index in [1.807, 2.05) is 36.9 Å². The van der Waals surface area contributed by atoms with Gasteiger partial charge in [-0.2, -0.15) is 0 Å². The van der Waals surface area contributed by atoms with Crippen molar-refractivity contribution in [2.75, 3.05) is 4.90 Å². The van der Waals surface area contributed by atoms with Gasteiger partial charge in [0.05, 0.1) is 4.32 Å². The van der Waals surface area contributed by atoms with Crippen LogP contribution in [0.4, 0.5) is 5.69 Å². The molecule has 0 fully saturated rings. The summed E-state index contributed by atoms with van der Waals surface area (Å²) in [6.07, 6.45) is 0.926. The van der Waals surface area contributed by atoms with Crippen LogP contribution in [-0.4, -0.2) is 15.8 Å². The Labute approximate surface area is 134 Å². The van der Waals surface area contributed by atoms with Crippen molar-refractivity contribution in [3.05, 3.63) is 28.8 Å². The van der Waals surface area contributed by atoms with Crippen LogP contribution in [0.5, 0.6) is 0 Å². The molecule has 2 rings (SSSR count). The molecular weight excluding hydrogens is 338 g/mol. The van der Waals surface area contributed by atoms with Crippen molar-refractivity contribution in [3.8, 4) is 0 Å². The van der Waals surface area contributed by atoms with Crippen molar-refractivity contribution in [2.45, 2.75) is 56.8 Å². The van der Waals surface area contributed by atoms with E-state index >= 15 is 0 Å². The Hall–Kier alpha value is -0.540. The molecule has 0 saturated heterocycles. The number of hydrogen-bond acceptors (Lipinski definition) is 1. The van der Waals surface area contributed by atoms with Crippen LogP contribution >= 0.6 is 27.5 Å². The van der Waals surface area contributed by atoms with Crippen molar-refractivity contribution < 1.29 is 4.79 Å². The summed E-state index contributed by atoms with van der Waals surface area (Å²) in [5.74, 6) is 0.471. The number of benzene rings is 1. The molecule has 20 heavy (non-hydrogen) atoms. The van der Waals surface area contributed by atoms with E-state index in [0.29, 0.717) is 5.92 Å². The van der Waals surface area contributed by atoms with Gasteiger partial charge in [0.1, 0.15) is 0 Å². The van der Waals surface area contributed by atoms with Crippen molar-refractivity contribution in [1.82, 2.24) is 0 Å². The second kappa shape index (κ2) is 5.03. The normalized spacial score (nSPS) is 21.6. The molecule has 1 amide bonds. The maximum Gasteiger partial charge on any atom is 0.243 e. The largest absolute Gasteiger partial charge is 0.305 e. The molecular formula is C16H21BrClNO. The van der Waals surface area contributed by atoms with E-state index in [1.54, 1.807) is 0 Å². The maximum atomic E-state index is 12.8. The molecule has 2 nitrogen and oxygen atoms in total. The SMILES string of the molecule is C[C@H]1CC(C)(C)N(C(=O)C(C)(C)Br)c2ccc(Cl)cc21. The molecule has 1 aliphatic heterocycles. The topological polar surface area (TPSA) is 20.3 Å². The number of anilines is 1. The molecule has 110 valence electrons. The second-order valence-corrected chi connectivity index (χ2v) is 9.15. The number of fused-ring (bicyclic) bond motifs is 1. The van der Waals surface area contributed by atoms with E-state index in [2.05, 4.69) is 36.7 Å². The van der Waals surface area contributed by atoms with Crippen molar-refractivity contribution >= 4 is 39.1 Å². The van der Waals surface area contributed by atoms with Gasteiger partial charge < -0.3 is 4.90 Å². The highest BCUT2D eigenvalue weighted by Gasteiger charge is 2.43. The molecule has 0 N–H and O–H groups in total. The quantitative estimate of drug-likeness (QED) is 0.637. The lowest BCUT2D eigenvalue weighted by molar-refractivity contribution is -0.121. The van der Waals surface area contributed by atoms with Crippen LogP contribution < -0.4 is 4.90 Å². The highest BCUT2D eigenvalue weighted by Crippen LogP contribution is 2.45. The minimum atomic E-state index is -0.582. The molecule has 0 spiro atoms. The molecule has 0 bridgehead atoms. The second-order valence-electron chi connectivity index (χ2n) is 6.73. The summed E-state index contributed by atoms with van der Waals surface area (Å²) >= 11 is 9.61. The maximum absolute atomic E-state index is 12.8. The zero-order valence-corrected chi connectivity index (χ0v) is 15.0. The smallest absolute Gasteiger partial charge is 0.243 e. The van der Waals surface area contributed by atoms with E-state index in [4.69, 9.17) is 11.6 Å². The lowest BCUT2D eigenvalue weighted by atomic mass is 9.79. The first kappa shape index (κ1) is 15.8. The van der Waals surface area contributed by atoms with Gasteiger partial charge >= 0.3 is 0 Å². The fourth-order valence-electron chi connectivity index (χ4n) is 3.05. The Kier molecular flexibility index (Phi) is 3.98. The fraction of sp³-hybridized carbons (Fsp3) is 0.562. The number of halogens is 2. The monoisotopic (exact) mass is 357 g/mol. The van der Waals surface area contributed by atoms with Gasteiger partial charge in [-0.05, 0) is 63.8 Å². The van der Waals surface area contributed by atoms with Gasteiger partial charge in [0.25, 0.3) is 0 Å². The summed E-state index contributed by atoms with van der Waals surface area (Å²) < 4.78 is -0.582. The Morgan fingerprint density at radius 1 is 1.45 bits per heavy atom. The van der Waals surface area contributed by atoms with E-state index in [9.17, 15) is 4.79 Å². The van der Waals surface area contributed by atoms with Crippen LogP contribution in [0, 0.1) is 0 Å².